The van der Waals surface area contributed by atoms with Crippen LogP contribution in [0.25, 0.3) is 0 Å². The molecule has 1 aromatic heterocycles. The van der Waals surface area contributed by atoms with E-state index in [2.05, 4.69) is 9.97 Å². The van der Waals surface area contributed by atoms with Gasteiger partial charge in [0.2, 0.25) is 0 Å². The zero-order valence-corrected chi connectivity index (χ0v) is 10.1. The predicted octanol–water partition coefficient (Wildman–Crippen LogP) is 0.841. The van der Waals surface area contributed by atoms with Gasteiger partial charge in [-0.25, -0.2) is 18.4 Å². The Kier molecular flexibility index (Phi) is 2.97. The molecule has 2 rings (SSSR count). The molecule has 1 aliphatic carbocycles. The second kappa shape index (κ2) is 4.09. The molecular weight excluding hydrogens is 232 g/mol. The van der Waals surface area contributed by atoms with Crippen LogP contribution in [0.3, 0.4) is 0 Å². The molecular formula is C9H12N2O2S2. The lowest BCUT2D eigenvalue weighted by atomic mass is 10.1. The van der Waals surface area contributed by atoms with Gasteiger partial charge in [-0.3, -0.25) is 0 Å². The normalized spacial score (nSPS) is 18.0. The average molecular weight is 244 g/mol. The number of hydrogen-bond acceptors (Lipinski definition) is 5. The van der Waals surface area contributed by atoms with Crippen LogP contribution in [-0.4, -0.2) is 30.4 Å². The first-order chi connectivity index (χ1) is 7.16. The number of rotatable bonds is 4. The van der Waals surface area contributed by atoms with Gasteiger partial charge in [-0.2, -0.15) is 0 Å². The summed E-state index contributed by atoms with van der Waals surface area (Å²) in [6.07, 6.45) is 5.45. The van der Waals surface area contributed by atoms with Gasteiger partial charge in [0.1, 0.15) is 10.7 Å². The van der Waals surface area contributed by atoms with Crippen molar-refractivity contribution in [2.75, 3.05) is 12.0 Å². The van der Waals surface area contributed by atoms with Crippen LogP contribution in [0.15, 0.2) is 17.4 Å². The van der Waals surface area contributed by atoms with E-state index in [1.165, 1.54) is 11.8 Å². The molecule has 0 saturated heterocycles. The van der Waals surface area contributed by atoms with Crippen molar-refractivity contribution in [2.24, 2.45) is 0 Å². The lowest BCUT2D eigenvalue weighted by Gasteiger charge is -2.10. The molecule has 0 unspecified atom stereocenters. The first kappa shape index (κ1) is 10.9. The molecule has 1 aromatic rings. The Balaban J connectivity index is 2.28. The maximum atomic E-state index is 10.8. The quantitative estimate of drug-likeness (QED) is 0.483. The Labute approximate surface area is 94.5 Å². The van der Waals surface area contributed by atoms with Gasteiger partial charge >= 0.3 is 0 Å². The summed E-state index contributed by atoms with van der Waals surface area (Å²) in [5, 5.41) is 0.708. The zero-order valence-electron chi connectivity index (χ0n) is 8.34. The van der Waals surface area contributed by atoms with Gasteiger partial charge in [0.15, 0.2) is 5.16 Å². The minimum absolute atomic E-state index is 0.206. The van der Waals surface area contributed by atoms with Crippen LogP contribution in [0.2, 0.25) is 0 Å². The Hall–Kier alpha value is -0.620. The molecule has 0 atom stereocenters. The van der Waals surface area contributed by atoms with Crippen LogP contribution in [0, 0.1) is 0 Å². The first-order valence-corrected chi connectivity index (χ1v) is 7.24. The Bertz CT molecular complexity index is 433. The van der Waals surface area contributed by atoms with Crippen molar-refractivity contribution < 1.29 is 8.42 Å². The maximum Gasteiger partial charge on any atom is 0.187 e. The molecule has 1 aliphatic rings. The highest BCUT2D eigenvalue weighted by Crippen LogP contribution is 2.47. The van der Waals surface area contributed by atoms with Crippen LogP contribution in [0.1, 0.15) is 18.5 Å². The number of thiol groups is 1. The summed E-state index contributed by atoms with van der Waals surface area (Å²) in [5.41, 5.74) is 0.670. The lowest BCUT2D eigenvalue weighted by molar-refractivity contribution is 0.601. The van der Waals surface area contributed by atoms with Crippen LogP contribution in [-0.2, 0) is 16.1 Å². The Morgan fingerprint density at radius 1 is 1.53 bits per heavy atom. The minimum atomic E-state index is -2.33. The van der Waals surface area contributed by atoms with Crippen molar-refractivity contribution in [1.82, 2.24) is 9.97 Å². The second-order valence-electron chi connectivity index (χ2n) is 3.70. The minimum Gasteiger partial charge on any atom is -0.232 e. The molecule has 6 heteroatoms. The summed E-state index contributed by atoms with van der Waals surface area (Å²) >= 11 is 1.47. The van der Waals surface area contributed by atoms with E-state index in [1.54, 1.807) is 6.20 Å². The predicted molar refractivity (Wildman–Crippen MR) is 59.9 cm³/mol. The Morgan fingerprint density at radius 2 is 2.27 bits per heavy atom. The fraction of sp³-hybridized carbons (Fsp3) is 0.556. The van der Waals surface area contributed by atoms with E-state index >= 15 is 0 Å². The third kappa shape index (κ3) is 2.31. The van der Waals surface area contributed by atoms with Crippen molar-refractivity contribution in [2.45, 2.75) is 23.4 Å². The fourth-order valence-electron chi connectivity index (χ4n) is 1.63. The van der Waals surface area contributed by atoms with Crippen molar-refractivity contribution in [3.05, 3.63) is 18.0 Å². The molecule has 1 saturated carbocycles. The van der Waals surface area contributed by atoms with E-state index in [-0.39, 0.29) is 11.2 Å². The third-order valence-electron chi connectivity index (χ3n) is 2.64. The van der Waals surface area contributed by atoms with Crippen molar-refractivity contribution in [3.63, 3.8) is 0 Å². The number of hydrogen-bond donors (Lipinski definition) is 1. The van der Waals surface area contributed by atoms with Crippen LogP contribution in [0.5, 0.6) is 0 Å². The van der Waals surface area contributed by atoms with Gasteiger partial charge in [-0.1, -0.05) is 11.8 Å². The largest absolute Gasteiger partial charge is 0.232 e. The topological polar surface area (TPSA) is 59.9 Å². The van der Waals surface area contributed by atoms with Gasteiger partial charge in [-0.15, -0.1) is 0 Å². The number of thioether (sulfide) groups is 1. The fourth-order valence-corrected chi connectivity index (χ4v) is 2.96. The van der Waals surface area contributed by atoms with Crippen LogP contribution >= 0.6 is 11.8 Å². The monoisotopic (exact) mass is 244 g/mol. The number of aromatic nitrogens is 2. The van der Waals surface area contributed by atoms with E-state index in [4.69, 9.17) is 0 Å². The highest BCUT2D eigenvalue weighted by atomic mass is 32.2. The summed E-state index contributed by atoms with van der Waals surface area (Å²) < 4.78 is 21.5. The third-order valence-corrected chi connectivity index (χ3v) is 4.07. The molecule has 0 aromatic carbocycles. The van der Waals surface area contributed by atoms with E-state index < -0.39 is 10.7 Å². The van der Waals surface area contributed by atoms with Gasteiger partial charge in [0, 0.05) is 11.6 Å². The van der Waals surface area contributed by atoms with E-state index in [1.807, 2.05) is 12.3 Å². The van der Waals surface area contributed by atoms with Crippen molar-refractivity contribution in [3.8, 4) is 0 Å². The van der Waals surface area contributed by atoms with Gasteiger partial charge < -0.3 is 0 Å². The molecule has 4 nitrogen and oxygen atoms in total. The van der Waals surface area contributed by atoms with Crippen molar-refractivity contribution >= 4 is 22.5 Å². The highest BCUT2D eigenvalue weighted by Gasteiger charge is 2.46. The van der Waals surface area contributed by atoms with E-state index in [0.29, 0.717) is 5.16 Å². The molecule has 0 amide bonds. The average Bonchev–Trinajstić information content (AvgIpc) is 2.98. The van der Waals surface area contributed by atoms with Gasteiger partial charge in [-0.05, 0) is 25.2 Å². The second-order valence-corrected chi connectivity index (χ2v) is 5.45. The first-order valence-electron chi connectivity index (χ1n) is 4.66. The highest BCUT2D eigenvalue weighted by molar-refractivity contribution is 7.98. The van der Waals surface area contributed by atoms with Crippen molar-refractivity contribution in [1.29, 1.82) is 0 Å². The summed E-state index contributed by atoms with van der Waals surface area (Å²) in [5.74, 6) is 0.215. The maximum absolute atomic E-state index is 10.8. The standard InChI is InChI=1S/C9H12N2O2S2/c1-14-8-10-5-2-7(11-8)9(3-4-9)6-15(12)13/h2,5,15H,3-4,6H2,1H3. The molecule has 0 N–H and O–H groups in total. The molecule has 1 fully saturated rings. The van der Waals surface area contributed by atoms with Crippen LogP contribution in [0.4, 0.5) is 0 Å². The molecule has 0 radical (unpaired) electrons. The summed E-state index contributed by atoms with van der Waals surface area (Å²) in [4.78, 5) is 8.44. The molecule has 1 heterocycles. The summed E-state index contributed by atoms with van der Waals surface area (Å²) in [6, 6.07) is 1.82. The smallest absolute Gasteiger partial charge is 0.187 e. The van der Waals surface area contributed by atoms with Crippen LogP contribution < -0.4 is 0 Å². The van der Waals surface area contributed by atoms with E-state index in [0.717, 1.165) is 18.5 Å². The molecule has 0 aliphatic heterocycles. The Morgan fingerprint density at radius 3 is 2.80 bits per heavy atom. The summed E-state index contributed by atoms with van der Waals surface area (Å²) in [6.45, 7) is 0. The molecule has 0 spiro atoms. The SMILES string of the molecule is CSc1nccc(C2(C[SH](=O)=O)CC2)n1. The number of nitrogens with zero attached hydrogens (tertiary/aromatic N) is 2. The zero-order chi connectivity index (χ0) is 10.9. The molecule has 0 bridgehead atoms. The van der Waals surface area contributed by atoms with Gasteiger partial charge in [0.05, 0.1) is 11.4 Å². The summed E-state index contributed by atoms with van der Waals surface area (Å²) in [7, 11) is -2.33. The molecule has 15 heavy (non-hydrogen) atoms. The van der Waals surface area contributed by atoms with Gasteiger partial charge in [0.25, 0.3) is 0 Å². The van der Waals surface area contributed by atoms with E-state index in [9.17, 15) is 8.42 Å². The lowest BCUT2D eigenvalue weighted by Crippen LogP contribution is -2.16. The molecule has 82 valence electrons.